The van der Waals surface area contributed by atoms with Crippen LogP contribution in [-0.4, -0.2) is 25.4 Å². The molecular weight excluding hydrogens is 398 g/mol. The molecule has 1 fully saturated rings. The lowest BCUT2D eigenvalue weighted by atomic mass is 10.1. The minimum Gasteiger partial charge on any atom is -0.326 e. The Morgan fingerprint density at radius 3 is 2.36 bits per heavy atom. The Morgan fingerprint density at radius 2 is 1.68 bits per heavy atom. The number of sulfone groups is 1. The van der Waals surface area contributed by atoms with E-state index in [2.05, 4.69) is 5.32 Å². The van der Waals surface area contributed by atoms with E-state index in [0.717, 1.165) is 12.8 Å². The van der Waals surface area contributed by atoms with Crippen molar-refractivity contribution in [1.29, 1.82) is 0 Å². The molecule has 7 heteroatoms. The number of carbonyl (C=O) groups excluding carboxylic acids is 2. The molecule has 0 heterocycles. The molecule has 1 aliphatic carbocycles. The Morgan fingerprint density at radius 1 is 1.00 bits per heavy atom. The van der Waals surface area contributed by atoms with Gasteiger partial charge >= 0.3 is 0 Å². The number of hydrogen-bond acceptors (Lipinski definition) is 4. The zero-order valence-corrected chi connectivity index (χ0v) is 16.9. The molecule has 0 aromatic heterocycles. The minimum absolute atomic E-state index is 0.0149. The van der Waals surface area contributed by atoms with E-state index in [1.54, 1.807) is 42.5 Å². The fourth-order valence-corrected chi connectivity index (χ4v) is 5.40. The van der Waals surface area contributed by atoms with Gasteiger partial charge in [0, 0.05) is 29.1 Å². The fourth-order valence-electron chi connectivity index (χ4n) is 3.37. The van der Waals surface area contributed by atoms with E-state index in [0.29, 0.717) is 29.1 Å². The summed E-state index contributed by atoms with van der Waals surface area (Å²) in [6.07, 6.45) is 3.32. The molecule has 1 saturated carbocycles. The summed E-state index contributed by atoms with van der Waals surface area (Å²) in [6, 6.07) is 12.8. The molecule has 1 N–H and O–H groups in total. The molecule has 0 radical (unpaired) electrons. The molecule has 0 saturated heterocycles. The van der Waals surface area contributed by atoms with Gasteiger partial charge in [0.2, 0.25) is 5.91 Å². The van der Waals surface area contributed by atoms with E-state index in [1.165, 1.54) is 6.07 Å². The van der Waals surface area contributed by atoms with Crippen LogP contribution in [0.4, 0.5) is 5.69 Å². The van der Waals surface area contributed by atoms with Gasteiger partial charge in [-0.15, -0.1) is 0 Å². The van der Waals surface area contributed by atoms with Crippen LogP contribution in [0.5, 0.6) is 0 Å². The van der Waals surface area contributed by atoms with Crippen LogP contribution in [0.15, 0.2) is 53.4 Å². The van der Waals surface area contributed by atoms with E-state index >= 15 is 0 Å². The van der Waals surface area contributed by atoms with Gasteiger partial charge in [-0.2, -0.15) is 0 Å². The second-order valence-electron chi connectivity index (χ2n) is 6.96. The highest BCUT2D eigenvalue weighted by Gasteiger charge is 2.30. The second-order valence-corrected chi connectivity index (χ2v) is 9.62. The third-order valence-corrected chi connectivity index (χ3v) is 7.44. The van der Waals surface area contributed by atoms with E-state index in [-0.39, 0.29) is 34.7 Å². The topological polar surface area (TPSA) is 80.3 Å². The highest BCUT2D eigenvalue weighted by Crippen LogP contribution is 2.30. The quantitative estimate of drug-likeness (QED) is 0.662. The average molecular weight is 420 g/mol. The Bertz CT molecular complexity index is 964. The Kier molecular flexibility index (Phi) is 6.52. The Labute approximate surface area is 170 Å². The molecule has 1 amide bonds. The van der Waals surface area contributed by atoms with Crippen LogP contribution in [0.3, 0.4) is 0 Å². The summed E-state index contributed by atoms with van der Waals surface area (Å²) in [4.78, 5) is 24.6. The van der Waals surface area contributed by atoms with Crippen molar-refractivity contribution >= 4 is 38.8 Å². The zero-order valence-electron chi connectivity index (χ0n) is 15.4. The molecule has 0 unspecified atom stereocenters. The number of benzene rings is 2. The molecule has 0 atom stereocenters. The summed E-state index contributed by atoms with van der Waals surface area (Å²) >= 11 is 5.80. The van der Waals surface area contributed by atoms with Crippen molar-refractivity contribution in [3.05, 3.63) is 59.1 Å². The Hall–Kier alpha value is -2.18. The first-order valence-corrected chi connectivity index (χ1v) is 11.2. The maximum atomic E-state index is 12.7. The highest BCUT2D eigenvalue weighted by molar-refractivity contribution is 7.92. The predicted molar refractivity (Wildman–Crippen MR) is 110 cm³/mol. The van der Waals surface area contributed by atoms with Crippen LogP contribution in [0.1, 0.15) is 48.9 Å². The molecule has 3 rings (SSSR count). The van der Waals surface area contributed by atoms with Crippen molar-refractivity contribution in [2.45, 2.75) is 48.7 Å². The summed E-state index contributed by atoms with van der Waals surface area (Å²) in [5, 5.41) is 2.89. The summed E-state index contributed by atoms with van der Waals surface area (Å²) in [6.45, 7) is 0. The van der Waals surface area contributed by atoms with Crippen molar-refractivity contribution in [1.82, 2.24) is 0 Å². The molecular formula is C21H22ClNO4S. The van der Waals surface area contributed by atoms with E-state index in [9.17, 15) is 18.0 Å². The van der Waals surface area contributed by atoms with Gasteiger partial charge in [-0.3, -0.25) is 9.59 Å². The molecule has 0 aliphatic heterocycles. The fraction of sp³-hybridized carbons (Fsp3) is 0.333. The normalized spacial score (nSPS) is 14.8. The van der Waals surface area contributed by atoms with E-state index in [4.69, 9.17) is 11.6 Å². The van der Waals surface area contributed by atoms with Gasteiger partial charge in [0.1, 0.15) is 0 Å². The van der Waals surface area contributed by atoms with Crippen molar-refractivity contribution < 1.29 is 18.0 Å². The number of amides is 1. The maximum Gasteiger partial charge on any atom is 0.224 e. The number of anilines is 1. The van der Waals surface area contributed by atoms with E-state index in [1.807, 2.05) is 0 Å². The first-order chi connectivity index (χ1) is 13.4. The molecule has 0 spiro atoms. The van der Waals surface area contributed by atoms with Gasteiger partial charge in [-0.1, -0.05) is 30.5 Å². The smallest absolute Gasteiger partial charge is 0.224 e. The molecule has 28 heavy (non-hydrogen) atoms. The van der Waals surface area contributed by atoms with Crippen molar-refractivity contribution in [2.24, 2.45) is 0 Å². The summed E-state index contributed by atoms with van der Waals surface area (Å²) < 4.78 is 25.4. The first-order valence-electron chi connectivity index (χ1n) is 9.29. The predicted octanol–water partition coefficient (Wildman–Crippen LogP) is 4.66. The van der Waals surface area contributed by atoms with Gasteiger partial charge in [-0.25, -0.2) is 8.42 Å². The molecule has 1 aliphatic rings. The van der Waals surface area contributed by atoms with Gasteiger partial charge < -0.3 is 5.32 Å². The van der Waals surface area contributed by atoms with E-state index < -0.39 is 9.84 Å². The van der Waals surface area contributed by atoms with Crippen LogP contribution in [0, 0.1) is 0 Å². The molecule has 5 nitrogen and oxygen atoms in total. The maximum absolute atomic E-state index is 12.7. The lowest BCUT2D eigenvalue weighted by Gasteiger charge is -2.12. The molecule has 2 aromatic rings. The summed E-state index contributed by atoms with van der Waals surface area (Å²) in [5.41, 5.74) is 0.921. The first kappa shape index (κ1) is 20.6. The average Bonchev–Trinajstić information content (AvgIpc) is 3.22. The van der Waals surface area contributed by atoms with Crippen LogP contribution in [-0.2, 0) is 14.6 Å². The Balaban J connectivity index is 1.60. The molecule has 148 valence electrons. The molecule has 0 bridgehead atoms. The SMILES string of the molecule is O=C(CCC(=O)c1ccc(Cl)cc1)Nc1cccc(S(=O)(=O)C2CCCC2)c1. The summed E-state index contributed by atoms with van der Waals surface area (Å²) in [7, 11) is -3.38. The lowest BCUT2D eigenvalue weighted by Crippen LogP contribution is -2.18. The van der Waals surface area contributed by atoms with Crippen LogP contribution >= 0.6 is 11.6 Å². The molecule has 2 aromatic carbocycles. The monoisotopic (exact) mass is 419 g/mol. The number of ketones is 1. The third-order valence-electron chi connectivity index (χ3n) is 4.93. The number of carbonyl (C=O) groups is 2. The van der Waals surface area contributed by atoms with Gasteiger partial charge in [-0.05, 0) is 55.3 Å². The third kappa shape index (κ3) is 5.00. The number of nitrogens with one attached hydrogen (secondary N) is 1. The number of hydrogen-bond donors (Lipinski definition) is 1. The lowest BCUT2D eigenvalue weighted by molar-refractivity contribution is -0.116. The number of halogens is 1. The largest absolute Gasteiger partial charge is 0.326 e. The standard InChI is InChI=1S/C21H22ClNO4S/c22-16-10-8-15(9-11-16)20(24)12-13-21(25)23-17-4-3-7-19(14-17)28(26,27)18-5-1-2-6-18/h3-4,7-11,14,18H,1-2,5-6,12-13H2,(H,23,25). The summed E-state index contributed by atoms with van der Waals surface area (Å²) in [5.74, 6) is -0.484. The second kappa shape index (κ2) is 8.88. The minimum atomic E-state index is -3.38. The number of Topliss-reactive ketones (excluding diaryl/α,β-unsaturated/α-hetero) is 1. The zero-order chi connectivity index (χ0) is 20.1. The van der Waals surface area contributed by atoms with Crippen molar-refractivity contribution in [3.63, 3.8) is 0 Å². The van der Waals surface area contributed by atoms with Gasteiger partial charge in [0.25, 0.3) is 0 Å². The highest BCUT2D eigenvalue weighted by atomic mass is 35.5. The van der Waals surface area contributed by atoms with Gasteiger partial charge in [0.05, 0.1) is 10.1 Å². The number of rotatable bonds is 7. The van der Waals surface area contributed by atoms with Crippen LogP contribution in [0.25, 0.3) is 0 Å². The van der Waals surface area contributed by atoms with Crippen LogP contribution < -0.4 is 5.32 Å². The van der Waals surface area contributed by atoms with Crippen LogP contribution in [0.2, 0.25) is 5.02 Å². The van der Waals surface area contributed by atoms with Gasteiger partial charge in [0.15, 0.2) is 15.6 Å². The van der Waals surface area contributed by atoms with Crippen molar-refractivity contribution in [3.8, 4) is 0 Å². The van der Waals surface area contributed by atoms with Crippen molar-refractivity contribution in [2.75, 3.05) is 5.32 Å².